The van der Waals surface area contributed by atoms with Crippen LogP contribution in [0, 0.1) is 11.5 Å². The molecule has 72 valence electrons. The molecule has 0 saturated heterocycles. The van der Waals surface area contributed by atoms with E-state index in [0.717, 1.165) is 18.4 Å². The van der Waals surface area contributed by atoms with Crippen LogP contribution in [-0.2, 0) is 6.42 Å². The lowest BCUT2D eigenvalue weighted by Crippen LogP contribution is -2.12. The fourth-order valence-corrected chi connectivity index (χ4v) is 1.25. The minimum Gasteiger partial charge on any atom is -0.383 e. The molecule has 1 aromatic carbocycles. The minimum absolute atomic E-state index is 0.274. The molecule has 3 nitrogen and oxygen atoms in total. The molecular weight excluding hydrogens is 174 g/mol. The SMILES string of the molecule is CCCc1ccc(C(N)=NC#N)cc1. The molecule has 0 aliphatic heterocycles. The first-order chi connectivity index (χ1) is 6.77. The number of hydrogen-bond acceptors (Lipinski definition) is 2. The second-order valence-corrected chi connectivity index (χ2v) is 3.04. The van der Waals surface area contributed by atoms with E-state index in [1.54, 1.807) is 6.19 Å². The van der Waals surface area contributed by atoms with E-state index in [1.807, 2.05) is 24.3 Å². The summed E-state index contributed by atoms with van der Waals surface area (Å²) in [5.41, 5.74) is 7.63. The summed E-state index contributed by atoms with van der Waals surface area (Å²) in [7, 11) is 0. The van der Waals surface area contributed by atoms with Crippen LogP contribution in [-0.4, -0.2) is 5.84 Å². The maximum absolute atomic E-state index is 8.32. The molecular formula is C11H13N3. The van der Waals surface area contributed by atoms with Gasteiger partial charge in [0, 0.05) is 5.56 Å². The van der Waals surface area contributed by atoms with Crippen molar-refractivity contribution in [2.24, 2.45) is 10.7 Å². The Morgan fingerprint density at radius 3 is 2.57 bits per heavy atom. The highest BCUT2D eigenvalue weighted by atomic mass is 14.8. The monoisotopic (exact) mass is 187 g/mol. The molecule has 0 fully saturated rings. The molecule has 0 radical (unpaired) electrons. The number of nitrogens with two attached hydrogens (primary N) is 1. The number of rotatable bonds is 3. The molecule has 0 aliphatic carbocycles. The van der Waals surface area contributed by atoms with E-state index in [1.165, 1.54) is 5.56 Å². The highest BCUT2D eigenvalue weighted by Crippen LogP contribution is 2.06. The Balaban J connectivity index is 2.84. The maximum atomic E-state index is 8.32. The van der Waals surface area contributed by atoms with Crippen molar-refractivity contribution in [3.63, 3.8) is 0 Å². The van der Waals surface area contributed by atoms with Crippen LogP contribution >= 0.6 is 0 Å². The summed E-state index contributed by atoms with van der Waals surface area (Å²) in [6.45, 7) is 2.14. The quantitative estimate of drug-likeness (QED) is 0.445. The van der Waals surface area contributed by atoms with Gasteiger partial charge in [-0.3, -0.25) is 0 Å². The van der Waals surface area contributed by atoms with Crippen molar-refractivity contribution >= 4 is 5.84 Å². The van der Waals surface area contributed by atoms with Crippen molar-refractivity contribution in [2.45, 2.75) is 19.8 Å². The third kappa shape index (κ3) is 2.60. The molecule has 3 heteroatoms. The summed E-state index contributed by atoms with van der Waals surface area (Å²) >= 11 is 0. The van der Waals surface area contributed by atoms with Crippen LogP contribution in [0.1, 0.15) is 24.5 Å². The Morgan fingerprint density at radius 2 is 2.07 bits per heavy atom. The molecule has 0 heterocycles. The topological polar surface area (TPSA) is 62.2 Å². The fourth-order valence-electron chi connectivity index (χ4n) is 1.25. The second-order valence-electron chi connectivity index (χ2n) is 3.04. The number of aliphatic imine (C=N–C) groups is 1. The Labute approximate surface area is 83.9 Å². The number of hydrogen-bond donors (Lipinski definition) is 1. The molecule has 1 rings (SSSR count). The Morgan fingerprint density at radius 1 is 1.43 bits per heavy atom. The molecule has 2 N–H and O–H groups in total. The van der Waals surface area contributed by atoms with Crippen LogP contribution in [0.15, 0.2) is 29.3 Å². The van der Waals surface area contributed by atoms with Gasteiger partial charge in [0.1, 0.15) is 5.84 Å². The van der Waals surface area contributed by atoms with Crippen molar-refractivity contribution in [1.82, 2.24) is 0 Å². The first-order valence-corrected chi connectivity index (χ1v) is 4.59. The zero-order valence-electron chi connectivity index (χ0n) is 8.20. The average molecular weight is 187 g/mol. The van der Waals surface area contributed by atoms with Gasteiger partial charge in [0.2, 0.25) is 6.19 Å². The van der Waals surface area contributed by atoms with Gasteiger partial charge in [-0.25, -0.2) is 0 Å². The van der Waals surface area contributed by atoms with E-state index < -0.39 is 0 Å². The molecule has 0 amide bonds. The summed E-state index contributed by atoms with van der Waals surface area (Å²) in [4.78, 5) is 3.47. The molecule has 0 saturated carbocycles. The van der Waals surface area contributed by atoms with E-state index in [9.17, 15) is 0 Å². The summed E-state index contributed by atoms with van der Waals surface area (Å²) in [6, 6.07) is 7.81. The second kappa shape index (κ2) is 5.03. The number of nitriles is 1. The van der Waals surface area contributed by atoms with Gasteiger partial charge in [0.05, 0.1) is 0 Å². The van der Waals surface area contributed by atoms with E-state index in [4.69, 9.17) is 11.0 Å². The predicted octanol–water partition coefficient (Wildman–Crippen LogP) is 1.83. The Hall–Kier alpha value is -1.82. The molecule has 0 aromatic heterocycles. The van der Waals surface area contributed by atoms with Crippen LogP contribution < -0.4 is 5.73 Å². The van der Waals surface area contributed by atoms with Crippen LogP contribution in [0.5, 0.6) is 0 Å². The summed E-state index contributed by atoms with van der Waals surface area (Å²) < 4.78 is 0. The summed E-state index contributed by atoms with van der Waals surface area (Å²) in [6.07, 6.45) is 3.86. The normalized spacial score (nSPS) is 11.0. The van der Waals surface area contributed by atoms with E-state index in [-0.39, 0.29) is 5.84 Å². The van der Waals surface area contributed by atoms with Crippen molar-refractivity contribution in [1.29, 1.82) is 5.26 Å². The zero-order valence-corrected chi connectivity index (χ0v) is 8.20. The number of aryl methyl sites for hydroxylation is 1. The standard InChI is InChI=1S/C11H13N3/c1-2-3-9-4-6-10(7-5-9)11(13)14-8-12/h4-7H,2-3H2,1H3,(H2,13,14). The molecule has 0 atom stereocenters. The summed E-state index contributed by atoms with van der Waals surface area (Å²) in [5.74, 6) is 0.274. The van der Waals surface area contributed by atoms with Crippen LogP contribution in [0.3, 0.4) is 0 Å². The summed E-state index contributed by atoms with van der Waals surface area (Å²) in [5, 5.41) is 8.32. The smallest absolute Gasteiger partial charge is 0.207 e. The molecule has 0 aliphatic rings. The highest BCUT2D eigenvalue weighted by Gasteiger charge is 1.97. The van der Waals surface area contributed by atoms with Crippen LogP contribution in [0.2, 0.25) is 0 Å². The lowest BCUT2D eigenvalue weighted by Gasteiger charge is -2.01. The van der Waals surface area contributed by atoms with Crippen LogP contribution in [0.4, 0.5) is 0 Å². The molecule has 1 aromatic rings. The van der Waals surface area contributed by atoms with Crippen molar-refractivity contribution < 1.29 is 0 Å². The minimum atomic E-state index is 0.274. The van der Waals surface area contributed by atoms with Gasteiger partial charge in [-0.2, -0.15) is 10.3 Å². The largest absolute Gasteiger partial charge is 0.383 e. The first kappa shape index (κ1) is 10.3. The van der Waals surface area contributed by atoms with Gasteiger partial charge in [-0.05, 0) is 12.0 Å². The zero-order chi connectivity index (χ0) is 10.4. The molecule has 0 unspecified atom stereocenters. The maximum Gasteiger partial charge on any atom is 0.207 e. The number of benzene rings is 1. The molecule has 14 heavy (non-hydrogen) atoms. The Kier molecular flexibility index (Phi) is 3.69. The van der Waals surface area contributed by atoms with Crippen molar-refractivity contribution in [3.05, 3.63) is 35.4 Å². The lowest BCUT2D eigenvalue weighted by atomic mass is 10.1. The van der Waals surface area contributed by atoms with Gasteiger partial charge in [-0.15, -0.1) is 0 Å². The lowest BCUT2D eigenvalue weighted by molar-refractivity contribution is 0.922. The average Bonchev–Trinajstić information content (AvgIpc) is 2.20. The third-order valence-electron chi connectivity index (χ3n) is 1.96. The predicted molar refractivity (Wildman–Crippen MR) is 56.8 cm³/mol. The van der Waals surface area contributed by atoms with Crippen LogP contribution in [0.25, 0.3) is 0 Å². The van der Waals surface area contributed by atoms with Gasteiger partial charge in [0.15, 0.2) is 0 Å². The first-order valence-electron chi connectivity index (χ1n) is 4.59. The van der Waals surface area contributed by atoms with Gasteiger partial charge in [-0.1, -0.05) is 37.6 Å². The third-order valence-corrected chi connectivity index (χ3v) is 1.96. The number of amidine groups is 1. The fraction of sp³-hybridized carbons (Fsp3) is 0.273. The van der Waals surface area contributed by atoms with Gasteiger partial charge in [0.25, 0.3) is 0 Å². The van der Waals surface area contributed by atoms with E-state index >= 15 is 0 Å². The van der Waals surface area contributed by atoms with E-state index in [0.29, 0.717) is 0 Å². The molecule has 0 spiro atoms. The van der Waals surface area contributed by atoms with Crippen molar-refractivity contribution in [3.8, 4) is 6.19 Å². The Bertz CT molecular complexity index is 357. The van der Waals surface area contributed by atoms with Gasteiger partial charge >= 0.3 is 0 Å². The van der Waals surface area contributed by atoms with Crippen molar-refractivity contribution in [2.75, 3.05) is 0 Å². The molecule has 0 bridgehead atoms. The van der Waals surface area contributed by atoms with Gasteiger partial charge < -0.3 is 5.73 Å². The number of nitrogens with zero attached hydrogens (tertiary/aromatic N) is 2. The van der Waals surface area contributed by atoms with E-state index in [2.05, 4.69) is 11.9 Å². The highest BCUT2D eigenvalue weighted by molar-refractivity contribution is 5.97.